The number of nitrogen functional groups attached to an aromatic ring is 1. The van der Waals surface area contributed by atoms with Crippen LogP contribution < -0.4 is 15.9 Å². The minimum Gasteiger partial charge on any atom is -0.489 e. The van der Waals surface area contributed by atoms with Crippen LogP contribution in [-0.4, -0.2) is 54.1 Å². The molecule has 2 aromatic heterocycles. The lowest BCUT2D eigenvalue weighted by atomic mass is 10.2. The van der Waals surface area contributed by atoms with Crippen molar-refractivity contribution in [3.63, 3.8) is 0 Å². The van der Waals surface area contributed by atoms with Gasteiger partial charge in [-0.15, -0.1) is 5.10 Å². The Hall–Kier alpha value is -4.17. The van der Waals surface area contributed by atoms with Gasteiger partial charge in [0.25, 0.3) is 5.91 Å². The summed E-state index contributed by atoms with van der Waals surface area (Å²) in [5.74, 6) is 1.68. The maximum Gasteiger partial charge on any atom is 0.293 e. The van der Waals surface area contributed by atoms with Crippen molar-refractivity contribution in [1.82, 2.24) is 30.7 Å². The molecule has 3 N–H and O–H groups in total. The van der Waals surface area contributed by atoms with Crippen molar-refractivity contribution >= 4 is 45.8 Å². The van der Waals surface area contributed by atoms with Gasteiger partial charge in [-0.05, 0) is 45.7 Å². The van der Waals surface area contributed by atoms with Gasteiger partial charge >= 0.3 is 0 Å². The predicted octanol–water partition coefficient (Wildman–Crippen LogP) is 2.91. The Balaban J connectivity index is 1.23. The Bertz CT molecular complexity index is 1420. The number of rotatable bonds is 9. The molecule has 1 amide bonds. The summed E-state index contributed by atoms with van der Waals surface area (Å²) in [4.78, 5) is 17.3. The Morgan fingerprint density at radius 2 is 2.05 bits per heavy atom. The van der Waals surface area contributed by atoms with Crippen LogP contribution >= 0.6 is 23.5 Å². The molecule has 1 aliphatic rings. The van der Waals surface area contributed by atoms with E-state index in [2.05, 4.69) is 40.8 Å². The Morgan fingerprint density at radius 3 is 2.78 bits per heavy atom. The number of carbonyl (C=O) groups is 1. The van der Waals surface area contributed by atoms with Crippen LogP contribution in [0.15, 0.2) is 69.3 Å². The van der Waals surface area contributed by atoms with Gasteiger partial charge in [0, 0.05) is 11.5 Å². The third kappa shape index (κ3) is 6.16. The first-order valence-corrected chi connectivity index (χ1v) is 13.1. The number of nitrogens with two attached hydrogens (primary N) is 1. The number of hydrogen-bond donors (Lipinski definition) is 2. The summed E-state index contributed by atoms with van der Waals surface area (Å²) < 4.78 is 12.7. The van der Waals surface area contributed by atoms with Gasteiger partial charge in [-0.2, -0.15) is 9.78 Å². The molecule has 0 saturated carbocycles. The maximum absolute atomic E-state index is 12.9. The van der Waals surface area contributed by atoms with Gasteiger partial charge in [0.05, 0.1) is 18.5 Å². The number of nitrogens with zero attached hydrogens (tertiary/aromatic N) is 7. The van der Waals surface area contributed by atoms with Crippen molar-refractivity contribution in [2.75, 3.05) is 18.0 Å². The molecule has 1 aliphatic heterocycles. The van der Waals surface area contributed by atoms with Crippen LogP contribution in [0.3, 0.4) is 0 Å². The minimum atomic E-state index is -0.531. The molecule has 0 aliphatic carbocycles. The molecule has 2 aromatic carbocycles. The average molecular weight is 536 g/mol. The molecule has 0 saturated heterocycles. The van der Waals surface area contributed by atoms with Crippen LogP contribution in [0.2, 0.25) is 0 Å². The highest BCUT2D eigenvalue weighted by Gasteiger charge is 2.24. The van der Waals surface area contributed by atoms with Gasteiger partial charge < -0.3 is 10.5 Å². The molecular formula is C23H21N9O3S2. The summed E-state index contributed by atoms with van der Waals surface area (Å²) >= 11 is 3.14. The number of amides is 1. The number of anilines is 1. The standard InChI is InChI=1S/C23H21N9O3S2/c24-20-21(30-35-29-20)32-18(14-37-23-25-10-11-36-23)19(27-31-32)22(33)28-26-12-15-6-8-17(9-7-15)34-13-16-4-2-1-3-5-16/h1-9,12H,10-11,13-14H2,(H2,24,29)(H,28,33)/b26-12+. The van der Waals surface area contributed by atoms with E-state index in [0.717, 1.165) is 33.5 Å². The predicted molar refractivity (Wildman–Crippen MR) is 142 cm³/mol. The Morgan fingerprint density at radius 1 is 1.22 bits per heavy atom. The van der Waals surface area contributed by atoms with E-state index in [4.69, 9.17) is 10.5 Å². The number of thioether (sulfide) groups is 2. The summed E-state index contributed by atoms with van der Waals surface area (Å²) in [7, 11) is 0. The van der Waals surface area contributed by atoms with Crippen molar-refractivity contribution in [3.05, 3.63) is 77.1 Å². The van der Waals surface area contributed by atoms with E-state index in [9.17, 15) is 4.79 Å². The van der Waals surface area contributed by atoms with Gasteiger partial charge in [-0.1, -0.05) is 59.1 Å². The normalized spacial score (nSPS) is 13.1. The number of carbonyl (C=O) groups excluding carboxylic acids is 1. The molecule has 14 heteroatoms. The molecule has 188 valence electrons. The smallest absolute Gasteiger partial charge is 0.293 e. The molecule has 3 heterocycles. The molecule has 4 aromatic rings. The first kappa shape index (κ1) is 24.5. The fourth-order valence-electron chi connectivity index (χ4n) is 3.26. The van der Waals surface area contributed by atoms with Crippen molar-refractivity contribution < 1.29 is 14.2 Å². The largest absolute Gasteiger partial charge is 0.489 e. The van der Waals surface area contributed by atoms with Gasteiger partial charge in [-0.25, -0.2) is 10.1 Å². The third-order valence-corrected chi connectivity index (χ3v) is 7.34. The Kier molecular flexibility index (Phi) is 7.76. The lowest BCUT2D eigenvalue weighted by Crippen LogP contribution is -2.20. The summed E-state index contributed by atoms with van der Waals surface area (Å²) in [6, 6.07) is 17.3. The zero-order chi connectivity index (χ0) is 25.5. The van der Waals surface area contributed by atoms with Crippen LogP contribution in [0.4, 0.5) is 5.82 Å². The zero-order valence-corrected chi connectivity index (χ0v) is 21.0. The van der Waals surface area contributed by atoms with Gasteiger partial charge in [0.2, 0.25) is 11.6 Å². The van der Waals surface area contributed by atoms with Gasteiger partial charge in [0.15, 0.2) is 5.69 Å². The lowest BCUT2D eigenvalue weighted by Gasteiger charge is -2.06. The molecule has 0 radical (unpaired) electrons. The van der Waals surface area contributed by atoms with Crippen LogP contribution in [0, 0.1) is 0 Å². The van der Waals surface area contributed by atoms with Crippen LogP contribution in [-0.2, 0) is 12.4 Å². The van der Waals surface area contributed by atoms with Crippen LogP contribution in [0.1, 0.15) is 27.3 Å². The van der Waals surface area contributed by atoms with E-state index in [1.807, 2.05) is 54.6 Å². The monoisotopic (exact) mass is 535 g/mol. The van der Waals surface area contributed by atoms with Crippen molar-refractivity contribution in [3.8, 4) is 11.6 Å². The molecule has 0 bridgehead atoms. The quantitative estimate of drug-likeness (QED) is 0.241. The van der Waals surface area contributed by atoms with E-state index in [1.54, 1.807) is 11.8 Å². The highest BCUT2D eigenvalue weighted by molar-refractivity contribution is 8.38. The molecule has 0 spiro atoms. The van der Waals surface area contributed by atoms with E-state index in [0.29, 0.717) is 18.1 Å². The van der Waals surface area contributed by atoms with Crippen molar-refractivity contribution in [2.45, 2.75) is 12.4 Å². The number of hydrogen-bond acceptors (Lipinski definition) is 12. The summed E-state index contributed by atoms with van der Waals surface area (Å²) in [5.41, 5.74) is 10.7. The number of nitrogens with one attached hydrogen (secondary N) is 1. The summed E-state index contributed by atoms with van der Waals surface area (Å²) in [6.45, 7) is 1.25. The number of aromatic nitrogens is 5. The molecule has 0 fully saturated rings. The van der Waals surface area contributed by atoms with E-state index in [-0.39, 0.29) is 17.3 Å². The highest BCUT2D eigenvalue weighted by atomic mass is 32.2. The highest BCUT2D eigenvalue weighted by Crippen LogP contribution is 2.27. The van der Waals surface area contributed by atoms with E-state index in [1.165, 1.54) is 22.7 Å². The second-order valence-corrected chi connectivity index (χ2v) is 9.90. The van der Waals surface area contributed by atoms with Crippen LogP contribution in [0.25, 0.3) is 5.82 Å². The molecule has 12 nitrogen and oxygen atoms in total. The molecule has 5 rings (SSSR count). The Labute approximate surface area is 219 Å². The zero-order valence-electron chi connectivity index (χ0n) is 19.4. The fourth-order valence-corrected chi connectivity index (χ4v) is 5.26. The first-order valence-electron chi connectivity index (χ1n) is 11.1. The minimum absolute atomic E-state index is 0.0323. The SMILES string of the molecule is Nc1nonc1-n1nnc(C(=O)N/N=C/c2ccc(OCc3ccccc3)cc2)c1CSC1=NCCS1. The number of benzene rings is 2. The molecular weight excluding hydrogens is 514 g/mol. The number of hydrazone groups is 1. The van der Waals surface area contributed by atoms with Crippen molar-refractivity contribution in [1.29, 1.82) is 0 Å². The number of ether oxygens (including phenoxy) is 1. The fraction of sp³-hybridized carbons (Fsp3) is 0.174. The second kappa shape index (κ2) is 11.7. The summed E-state index contributed by atoms with van der Waals surface area (Å²) in [5, 5.41) is 19.5. The average Bonchev–Trinajstić information content (AvgIpc) is 3.68. The summed E-state index contributed by atoms with van der Waals surface area (Å²) in [6.07, 6.45) is 1.53. The van der Waals surface area contributed by atoms with Crippen molar-refractivity contribution in [2.24, 2.45) is 10.1 Å². The lowest BCUT2D eigenvalue weighted by molar-refractivity contribution is 0.0949. The van der Waals surface area contributed by atoms with E-state index < -0.39 is 5.91 Å². The topological polar surface area (TPSA) is 159 Å². The second-order valence-electron chi connectivity index (χ2n) is 7.60. The van der Waals surface area contributed by atoms with Gasteiger partial charge in [-0.3, -0.25) is 9.79 Å². The maximum atomic E-state index is 12.9. The molecule has 0 unspecified atom stereocenters. The third-order valence-electron chi connectivity index (χ3n) is 5.07. The molecule has 37 heavy (non-hydrogen) atoms. The van der Waals surface area contributed by atoms with E-state index >= 15 is 0 Å². The van der Waals surface area contributed by atoms with Crippen LogP contribution in [0.5, 0.6) is 5.75 Å². The van der Waals surface area contributed by atoms with Gasteiger partial charge in [0.1, 0.15) is 16.7 Å². The molecule has 0 atom stereocenters. The first-order chi connectivity index (χ1) is 18.2. The number of aliphatic imine (C=N–C) groups is 1.